The molecule has 1 aliphatic rings. The topological polar surface area (TPSA) is 73.1 Å². The maximum Gasteiger partial charge on any atom is 0.242 e. The molecule has 98 valence electrons. The molecule has 0 saturated carbocycles. The fourth-order valence-corrected chi connectivity index (χ4v) is 2.16. The van der Waals surface area contributed by atoms with Crippen molar-refractivity contribution in [2.45, 2.75) is 32.1 Å². The number of methoxy groups -OCH3 is 1. The van der Waals surface area contributed by atoms with Crippen LogP contribution >= 0.6 is 0 Å². The minimum Gasteiger partial charge on any atom is -0.479 e. The number of nitrogens with one attached hydrogen (secondary N) is 1. The molecule has 0 amide bonds. The van der Waals surface area contributed by atoms with Crippen LogP contribution in [0.1, 0.15) is 32.1 Å². The Morgan fingerprint density at radius 2 is 2.28 bits per heavy atom. The van der Waals surface area contributed by atoms with Crippen molar-refractivity contribution in [2.75, 3.05) is 24.7 Å². The molecule has 5 nitrogen and oxygen atoms in total. The third-order valence-electron chi connectivity index (χ3n) is 3.16. The van der Waals surface area contributed by atoms with Gasteiger partial charge in [-0.1, -0.05) is 11.6 Å². The van der Waals surface area contributed by atoms with E-state index in [9.17, 15) is 0 Å². The molecule has 0 atom stereocenters. The average molecular weight is 248 g/mol. The van der Waals surface area contributed by atoms with Crippen LogP contribution < -0.4 is 15.8 Å². The molecule has 5 heteroatoms. The molecular formula is C13H20N4O. The van der Waals surface area contributed by atoms with Crippen molar-refractivity contribution >= 4 is 11.5 Å². The highest BCUT2D eigenvalue weighted by atomic mass is 16.5. The smallest absolute Gasteiger partial charge is 0.242 e. The molecule has 0 radical (unpaired) electrons. The van der Waals surface area contributed by atoms with E-state index in [1.807, 2.05) is 0 Å². The summed E-state index contributed by atoms with van der Waals surface area (Å²) >= 11 is 0. The van der Waals surface area contributed by atoms with Crippen molar-refractivity contribution in [3.05, 3.63) is 18.0 Å². The molecule has 2 rings (SSSR count). The molecule has 0 spiro atoms. The monoisotopic (exact) mass is 248 g/mol. The highest BCUT2D eigenvalue weighted by molar-refractivity contribution is 5.66. The van der Waals surface area contributed by atoms with E-state index in [2.05, 4.69) is 21.4 Å². The quantitative estimate of drug-likeness (QED) is 0.783. The average Bonchev–Trinajstić information content (AvgIpc) is 2.42. The standard InChI is InChI=1S/C13H20N4O/c1-18-13-11(14)12(16-9-17-13)15-8-7-10-5-3-2-4-6-10/h5,9H,2-4,6-8,14H2,1H3,(H,15,16,17). The predicted octanol–water partition coefficient (Wildman–Crippen LogP) is 2.37. The summed E-state index contributed by atoms with van der Waals surface area (Å²) in [4.78, 5) is 8.07. The van der Waals surface area contributed by atoms with Crippen LogP contribution in [0.25, 0.3) is 0 Å². The van der Waals surface area contributed by atoms with Crippen LogP contribution in [0.15, 0.2) is 18.0 Å². The minimum atomic E-state index is 0.421. The Hall–Kier alpha value is -1.78. The predicted molar refractivity (Wildman–Crippen MR) is 72.7 cm³/mol. The van der Waals surface area contributed by atoms with Gasteiger partial charge in [-0.15, -0.1) is 0 Å². The molecular weight excluding hydrogens is 228 g/mol. The molecule has 0 fully saturated rings. The molecule has 0 aromatic carbocycles. The summed E-state index contributed by atoms with van der Waals surface area (Å²) in [6.07, 6.45) is 9.95. The van der Waals surface area contributed by atoms with Gasteiger partial charge in [0.15, 0.2) is 5.82 Å². The van der Waals surface area contributed by atoms with Gasteiger partial charge in [0.25, 0.3) is 0 Å². The first kappa shape index (κ1) is 12.7. The Morgan fingerprint density at radius 1 is 1.39 bits per heavy atom. The van der Waals surface area contributed by atoms with Crippen molar-refractivity contribution in [1.29, 1.82) is 0 Å². The van der Waals surface area contributed by atoms with Crippen molar-refractivity contribution in [3.8, 4) is 5.88 Å². The maximum atomic E-state index is 5.89. The summed E-state index contributed by atoms with van der Waals surface area (Å²) in [7, 11) is 1.55. The van der Waals surface area contributed by atoms with E-state index in [4.69, 9.17) is 10.5 Å². The number of nitrogens with zero attached hydrogens (tertiary/aromatic N) is 2. The summed E-state index contributed by atoms with van der Waals surface area (Å²) in [6, 6.07) is 0. The number of aromatic nitrogens is 2. The summed E-state index contributed by atoms with van der Waals surface area (Å²) in [5.74, 6) is 1.07. The molecule has 3 N–H and O–H groups in total. The largest absolute Gasteiger partial charge is 0.479 e. The second-order valence-corrected chi connectivity index (χ2v) is 4.43. The van der Waals surface area contributed by atoms with Gasteiger partial charge in [-0.25, -0.2) is 4.98 Å². The Bertz CT molecular complexity index is 431. The summed E-state index contributed by atoms with van der Waals surface area (Å²) in [5, 5.41) is 3.24. The Morgan fingerprint density at radius 3 is 3.00 bits per heavy atom. The van der Waals surface area contributed by atoms with Crippen LogP contribution in [-0.4, -0.2) is 23.6 Å². The lowest BCUT2D eigenvalue weighted by molar-refractivity contribution is 0.399. The lowest BCUT2D eigenvalue weighted by Gasteiger charge is -2.14. The maximum absolute atomic E-state index is 5.89. The van der Waals surface area contributed by atoms with Gasteiger partial charge in [0.1, 0.15) is 12.0 Å². The normalized spacial score (nSPS) is 15.1. The number of hydrogen-bond acceptors (Lipinski definition) is 5. The zero-order chi connectivity index (χ0) is 12.8. The first-order valence-corrected chi connectivity index (χ1v) is 6.37. The van der Waals surface area contributed by atoms with E-state index in [0.29, 0.717) is 17.4 Å². The van der Waals surface area contributed by atoms with Crippen molar-refractivity contribution in [2.24, 2.45) is 0 Å². The highest BCUT2D eigenvalue weighted by Crippen LogP contribution is 2.24. The lowest BCUT2D eigenvalue weighted by Crippen LogP contribution is -2.09. The molecule has 0 bridgehead atoms. The van der Waals surface area contributed by atoms with Crippen LogP contribution in [-0.2, 0) is 0 Å². The number of hydrogen-bond donors (Lipinski definition) is 2. The Balaban J connectivity index is 1.88. The van der Waals surface area contributed by atoms with Gasteiger partial charge < -0.3 is 15.8 Å². The Kier molecular flexibility index (Phi) is 4.39. The molecule has 1 aromatic rings. The number of allylic oxidation sites excluding steroid dienone is 1. The van der Waals surface area contributed by atoms with Gasteiger partial charge >= 0.3 is 0 Å². The van der Waals surface area contributed by atoms with E-state index in [0.717, 1.165) is 13.0 Å². The Labute approximate surface area is 107 Å². The van der Waals surface area contributed by atoms with E-state index >= 15 is 0 Å². The molecule has 0 aliphatic heterocycles. The van der Waals surface area contributed by atoms with Gasteiger partial charge in [0.05, 0.1) is 7.11 Å². The lowest BCUT2D eigenvalue weighted by atomic mass is 9.97. The van der Waals surface area contributed by atoms with Crippen LogP contribution in [0, 0.1) is 0 Å². The van der Waals surface area contributed by atoms with Crippen LogP contribution in [0.4, 0.5) is 11.5 Å². The molecule has 0 unspecified atom stereocenters. The van der Waals surface area contributed by atoms with E-state index in [1.165, 1.54) is 37.6 Å². The summed E-state index contributed by atoms with van der Waals surface area (Å²) in [5.41, 5.74) is 7.89. The van der Waals surface area contributed by atoms with Crippen LogP contribution in [0.3, 0.4) is 0 Å². The van der Waals surface area contributed by atoms with Gasteiger partial charge in [-0.05, 0) is 32.1 Å². The van der Waals surface area contributed by atoms with Gasteiger partial charge in [-0.3, -0.25) is 0 Å². The second kappa shape index (κ2) is 6.23. The van der Waals surface area contributed by atoms with Crippen LogP contribution in [0.5, 0.6) is 5.88 Å². The van der Waals surface area contributed by atoms with Crippen LogP contribution in [0.2, 0.25) is 0 Å². The second-order valence-electron chi connectivity index (χ2n) is 4.43. The van der Waals surface area contributed by atoms with Gasteiger partial charge in [0.2, 0.25) is 5.88 Å². The third kappa shape index (κ3) is 3.12. The van der Waals surface area contributed by atoms with Gasteiger partial charge in [-0.2, -0.15) is 4.98 Å². The highest BCUT2D eigenvalue weighted by Gasteiger charge is 2.08. The van der Waals surface area contributed by atoms with Gasteiger partial charge in [0, 0.05) is 6.54 Å². The molecule has 1 heterocycles. The first-order valence-electron chi connectivity index (χ1n) is 6.37. The number of nitrogen functional groups attached to an aromatic ring is 1. The first-order chi connectivity index (χ1) is 8.81. The summed E-state index contributed by atoms with van der Waals surface area (Å²) < 4.78 is 5.05. The fraction of sp³-hybridized carbons (Fsp3) is 0.538. The van der Waals surface area contributed by atoms with Crippen molar-refractivity contribution in [1.82, 2.24) is 9.97 Å². The molecule has 1 aliphatic carbocycles. The number of anilines is 2. The van der Waals surface area contributed by atoms with E-state index in [-0.39, 0.29) is 0 Å². The third-order valence-corrected chi connectivity index (χ3v) is 3.16. The number of ether oxygens (including phenoxy) is 1. The molecule has 0 saturated heterocycles. The zero-order valence-corrected chi connectivity index (χ0v) is 10.8. The fourth-order valence-electron chi connectivity index (χ4n) is 2.16. The number of nitrogens with two attached hydrogens (primary N) is 1. The summed E-state index contributed by atoms with van der Waals surface area (Å²) in [6.45, 7) is 0.843. The SMILES string of the molecule is COc1ncnc(NCCC2=CCCCC2)c1N. The van der Waals surface area contributed by atoms with Crippen molar-refractivity contribution in [3.63, 3.8) is 0 Å². The van der Waals surface area contributed by atoms with E-state index in [1.54, 1.807) is 7.11 Å². The van der Waals surface area contributed by atoms with E-state index < -0.39 is 0 Å². The van der Waals surface area contributed by atoms with Crippen molar-refractivity contribution < 1.29 is 4.74 Å². The molecule has 18 heavy (non-hydrogen) atoms. The number of rotatable bonds is 5. The molecule has 1 aromatic heterocycles. The zero-order valence-electron chi connectivity index (χ0n) is 10.8. The minimum absolute atomic E-state index is 0.421.